The first-order valence-electron chi connectivity index (χ1n) is 7.15. The SMILES string of the molecule is CCCc1cccc(-c2nc(CCC)cc(OC)n2)n1. The molecule has 0 aliphatic heterocycles. The average Bonchev–Trinajstić information content (AvgIpc) is 2.48. The first kappa shape index (κ1) is 14.4. The third-order valence-corrected chi connectivity index (χ3v) is 3.01. The van der Waals surface area contributed by atoms with Gasteiger partial charge in [0.15, 0.2) is 5.82 Å². The predicted octanol–water partition coefficient (Wildman–Crippen LogP) is 3.45. The Morgan fingerprint density at radius 3 is 2.40 bits per heavy atom. The third kappa shape index (κ3) is 3.53. The summed E-state index contributed by atoms with van der Waals surface area (Å²) in [5.41, 5.74) is 2.89. The van der Waals surface area contributed by atoms with Crippen molar-refractivity contribution in [1.82, 2.24) is 15.0 Å². The summed E-state index contributed by atoms with van der Waals surface area (Å²) in [6.07, 6.45) is 4.01. The first-order chi connectivity index (χ1) is 9.76. The molecule has 4 heteroatoms. The van der Waals surface area contributed by atoms with E-state index in [1.807, 2.05) is 24.3 Å². The van der Waals surface area contributed by atoms with Gasteiger partial charge in [0, 0.05) is 17.5 Å². The van der Waals surface area contributed by atoms with Gasteiger partial charge in [-0.15, -0.1) is 0 Å². The molecule has 0 fully saturated rings. The molecule has 0 atom stereocenters. The van der Waals surface area contributed by atoms with Crippen molar-refractivity contribution >= 4 is 0 Å². The van der Waals surface area contributed by atoms with Gasteiger partial charge in [-0.05, 0) is 25.0 Å². The number of hydrogen-bond donors (Lipinski definition) is 0. The highest BCUT2D eigenvalue weighted by Gasteiger charge is 2.09. The second kappa shape index (κ2) is 6.98. The van der Waals surface area contributed by atoms with E-state index in [1.165, 1.54) is 0 Å². The van der Waals surface area contributed by atoms with Crippen LogP contribution >= 0.6 is 0 Å². The average molecular weight is 271 g/mol. The number of aromatic nitrogens is 3. The Kier molecular flexibility index (Phi) is 5.04. The van der Waals surface area contributed by atoms with Crippen molar-refractivity contribution in [2.24, 2.45) is 0 Å². The Morgan fingerprint density at radius 1 is 0.950 bits per heavy atom. The van der Waals surface area contributed by atoms with Gasteiger partial charge in [-0.3, -0.25) is 0 Å². The lowest BCUT2D eigenvalue weighted by molar-refractivity contribution is 0.396. The first-order valence-corrected chi connectivity index (χ1v) is 7.15. The van der Waals surface area contributed by atoms with E-state index in [1.54, 1.807) is 7.11 Å². The Balaban J connectivity index is 2.39. The number of nitrogens with zero attached hydrogens (tertiary/aromatic N) is 3. The van der Waals surface area contributed by atoms with E-state index in [-0.39, 0.29) is 0 Å². The van der Waals surface area contributed by atoms with E-state index in [0.717, 1.165) is 42.8 Å². The molecule has 0 spiro atoms. The molecule has 0 amide bonds. The lowest BCUT2D eigenvalue weighted by atomic mass is 10.2. The molecule has 0 bridgehead atoms. The highest BCUT2D eigenvalue weighted by molar-refractivity contribution is 5.50. The highest BCUT2D eigenvalue weighted by Crippen LogP contribution is 2.18. The lowest BCUT2D eigenvalue weighted by Gasteiger charge is -2.07. The zero-order chi connectivity index (χ0) is 14.4. The van der Waals surface area contributed by atoms with E-state index in [0.29, 0.717) is 11.7 Å². The minimum atomic E-state index is 0.598. The Labute approximate surface area is 120 Å². The van der Waals surface area contributed by atoms with Crippen molar-refractivity contribution < 1.29 is 4.74 Å². The van der Waals surface area contributed by atoms with Gasteiger partial charge in [-0.1, -0.05) is 32.8 Å². The van der Waals surface area contributed by atoms with Crippen LogP contribution < -0.4 is 4.74 Å². The number of pyridine rings is 1. The van der Waals surface area contributed by atoms with E-state index in [9.17, 15) is 0 Å². The predicted molar refractivity (Wildman–Crippen MR) is 79.8 cm³/mol. The van der Waals surface area contributed by atoms with Gasteiger partial charge in [0.2, 0.25) is 5.88 Å². The summed E-state index contributed by atoms with van der Waals surface area (Å²) in [4.78, 5) is 13.6. The van der Waals surface area contributed by atoms with Crippen LogP contribution in [0.3, 0.4) is 0 Å². The fourth-order valence-electron chi connectivity index (χ4n) is 2.08. The summed E-state index contributed by atoms with van der Waals surface area (Å²) in [7, 11) is 1.63. The molecule has 0 saturated heterocycles. The minimum absolute atomic E-state index is 0.598. The largest absolute Gasteiger partial charge is 0.481 e. The molecule has 0 saturated carbocycles. The van der Waals surface area contributed by atoms with Crippen molar-refractivity contribution in [2.45, 2.75) is 39.5 Å². The van der Waals surface area contributed by atoms with E-state index < -0.39 is 0 Å². The second-order valence-corrected chi connectivity index (χ2v) is 4.74. The maximum absolute atomic E-state index is 5.26. The summed E-state index contributed by atoms with van der Waals surface area (Å²) in [6, 6.07) is 7.89. The highest BCUT2D eigenvalue weighted by atomic mass is 16.5. The standard InChI is InChI=1S/C16H21N3O/c1-4-7-12-9-6-10-14(17-12)16-18-13(8-5-2)11-15(19-16)20-3/h6,9-11H,4-5,7-8H2,1-3H3. The molecule has 0 aliphatic carbocycles. The van der Waals surface area contributed by atoms with Crippen molar-refractivity contribution in [1.29, 1.82) is 0 Å². The molecule has 0 aliphatic rings. The number of methoxy groups -OCH3 is 1. The van der Waals surface area contributed by atoms with Crippen molar-refractivity contribution in [3.8, 4) is 17.4 Å². The molecule has 0 radical (unpaired) electrons. The molecule has 2 aromatic heterocycles. The monoisotopic (exact) mass is 271 g/mol. The van der Waals surface area contributed by atoms with Gasteiger partial charge < -0.3 is 4.74 Å². The van der Waals surface area contributed by atoms with Crippen LogP contribution in [0.25, 0.3) is 11.5 Å². The third-order valence-electron chi connectivity index (χ3n) is 3.01. The van der Waals surface area contributed by atoms with Gasteiger partial charge in [-0.25, -0.2) is 9.97 Å². The van der Waals surface area contributed by atoms with E-state index >= 15 is 0 Å². The Morgan fingerprint density at radius 2 is 1.70 bits per heavy atom. The quantitative estimate of drug-likeness (QED) is 0.807. The van der Waals surface area contributed by atoms with E-state index in [2.05, 4.69) is 28.8 Å². The van der Waals surface area contributed by atoms with Crippen LogP contribution in [0.5, 0.6) is 5.88 Å². The zero-order valence-corrected chi connectivity index (χ0v) is 12.4. The smallest absolute Gasteiger partial charge is 0.216 e. The van der Waals surface area contributed by atoms with Gasteiger partial charge >= 0.3 is 0 Å². The second-order valence-electron chi connectivity index (χ2n) is 4.74. The molecule has 2 rings (SSSR count). The maximum Gasteiger partial charge on any atom is 0.216 e. The van der Waals surface area contributed by atoms with Crippen molar-refractivity contribution in [2.75, 3.05) is 7.11 Å². The molecule has 20 heavy (non-hydrogen) atoms. The fraction of sp³-hybridized carbons (Fsp3) is 0.438. The maximum atomic E-state index is 5.26. The summed E-state index contributed by atoms with van der Waals surface area (Å²) in [5.74, 6) is 1.24. The molecule has 4 nitrogen and oxygen atoms in total. The number of rotatable bonds is 6. The molecule has 0 aromatic carbocycles. The number of aryl methyl sites for hydroxylation is 2. The molecule has 0 unspecified atom stereocenters. The van der Waals surface area contributed by atoms with Crippen LogP contribution in [0, 0.1) is 0 Å². The fourth-order valence-corrected chi connectivity index (χ4v) is 2.08. The van der Waals surface area contributed by atoms with Crippen LogP contribution in [-0.4, -0.2) is 22.1 Å². The van der Waals surface area contributed by atoms with Gasteiger partial charge in [-0.2, -0.15) is 4.98 Å². The molecule has 0 N–H and O–H groups in total. The molecule has 2 aromatic rings. The van der Waals surface area contributed by atoms with Crippen molar-refractivity contribution in [3.05, 3.63) is 35.7 Å². The van der Waals surface area contributed by atoms with Gasteiger partial charge in [0.25, 0.3) is 0 Å². The zero-order valence-electron chi connectivity index (χ0n) is 12.4. The Bertz CT molecular complexity index is 569. The van der Waals surface area contributed by atoms with E-state index in [4.69, 9.17) is 4.74 Å². The van der Waals surface area contributed by atoms with Gasteiger partial charge in [0.1, 0.15) is 5.69 Å². The van der Waals surface area contributed by atoms with Crippen LogP contribution in [0.4, 0.5) is 0 Å². The van der Waals surface area contributed by atoms with Crippen LogP contribution in [-0.2, 0) is 12.8 Å². The molecular weight excluding hydrogens is 250 g/mol. The topological polar surface area (TPSA) is 47.9 Å². The summed E-state index contributed by atoms with van der Waals surface area (Å²) >= 11 is 0. The summed E-state index contributed by atoms with van der Waals surface area (Å²) < 4.78 is 5.26. The summed E-state index contributed by atoms with van der Waals surface area (Å²) in [6.45, 7) is 4.28. The van der Waals surface area contributed by atoms with Crippen LogP contribution in [0.2, 0.25) is 0 Å². The lowest BCUT2D eigenvalue weighted by Crippen LogP contribution is -2.01. The molecule has 106 valence electrons. The Hall–Kier alpha value is -1.97. The molecule has 2 heterocycles. The van der Waals surface area contributed by atoms with Crippen LogP contribution in [0.15, 0.2) is 24.3 Å². The van der Waals surface area contributed by atoms with Crippen LogP contribution in [0.1, 0.15) is 38.1 Å². The number of ether oxygens (including phenoxy) is 1. The minimum Gasteiger partial charge on any atom is -0.481 e. The number of hydrogen-bond acceptors (Lipinski definition) is 4. The van der Waals surface area contributed by atoms with Crippen molar-refractivity contribution in [3.63, 3.8) is 0 Å². The summed E-state index contributed by atoms with van der Waals surface area (Å²) in [5, 5.41) is 0. The normalized spacial score (nSPS) is 10.6. The van der Waals surface area contributed by atoms with Gasteiger partial charge in [0.05, 0.1) is 7.11 Å². The molecular formula is C16H21N3O.